The minimum atomic E-state index is -0.193. The van der Waals surface area contributed by atoms with Crippen molar-refractivity contribution in [2.75, 3.05) is 11.9 Å². The van der Waals surface area contributed by atoms with Gasteiger partial charge in [0.15, 0.2) is 0 Å². The lowest BCUT2D eigenvalue weighted by molar-refractivity contribution is -0.111. The fourth-order valence-corrected chi connectivity index (χ4v) is 2.48. The predicted molar refractivity (Wildman–Crippen MR) is 93.6 cm³/mol. The van der Waals surface area contributed by atoms with Crippen LogP contribution in [0, 0.1) is 6.92 Å². The molecule has 0 aliphatic rings. The van der Waals surface area contributed by atoms with Crippen LogP contribution in [0.1, 0.15) is 5.56 Å². The summed E-state index contributed by atoms with van der Waals surface area (Å²) < 4.78 is 6.42. The highest BCUT2D eigenvalue weighted by Crippen LogP contribution is 2.32. The van der Waals surface area contributed by atoms with Gasteiger partial charge < -0.3 is 10.1 Å². The number of hydrogen-bond acceptors (Lipinski definition) is 2. The molecule has 114 valence electrons. The van der Waals surface area contributed by atoms with Gasteiger partial charge in [0.25, 0.3) is 0 Å². The van der Waals surface area contributed by atoms with Crippen molar-refractivity contribution in [1.82, 2.24) is 0 Å². The summed E-state index contributed by atoms with van der Waals surface area (Å²) in [4.78, 5) is 11.7. The van der Waals surface area contributed by atoms with Gasteiger partial charge in [0, 0.05) is 16.8 Å². The summed E-state index contributed by atoms with van der Waals surface area (Å²) in [5, 5.41) is 3.44. The monoisotopic (exact) mass is 379 g/mol. The minimum absolute atomic E-state index is 0.193. The molecule has 0 fully saturated rings. The van der Waals surface area contributed by atoms with E-state index in [1.165, 1.54) is 6.08 Å². The van der Waals surface area contributed by atoms with Crippen molar-refractivity contribution >= 4 is 39.1 Å². The molecule has 0 aromatic heterocycles. The Morgan fingerprint density at radius 2 is 2.00 bits per heavy atom. The smallest absolute Gasteiger partial charge is 0.248 e. The first-order valence-electron chi connectivity index (χ1n) is 6.68. The van der Waals surface area contributed by atoms with Crippen LogP contribution < -0.4 is 10.1 Å². The molecule has 5 heteroatoms. The summed E-state index contributed by atoms with van der Waals surface area (Å²) in [6, 6.07) is 12.8. The molecular weight excluding hydrogens is 366 g/mol. The van der Waals surface area contributed by atoms with E-state index in [0.29, 0.717) is 17.4 Å². The molecule has 22 heavy (non-hydrogen) atoms. The van der Waals surface area contributed by atoms with Crippen molar-refractivity contribution in [3.8, 4) is 5.75 Å². The number of carbonyl (C=O) groups is 1. The van der Waals surface area contributed by atoms with Gasteiger partial charge in [-0.15, -0.1) is 0 Å². The van der Waals surface area contributed by atoms with E-state index in [1.54, 1.807) is 18.2 Å². The molecule has 0 aliphatic carbocycles. The van der Waals surface area contributed by atoms with E-state index in [1.807, 2.05) is 37.3 Å². The number of rotatable bonds is 5. The third-order valence-corrected chi connectivity index (χ3v) is 4.33. The van der Waals surface area contributed by atoms with Crippen molar-refractivity contribution in [3.63, 3.8) is 0 Å². The van der Waals surface area contributed by atoms with Gasteiger partial charge in [0.05, 0.1) is 4.47 Å². The van der Waals surface area contributed by atoms with Crippen LogP contribution in [0.3, 0.4) is 0 Å². The van der Waals surface area contributed by atoms with Crippen LogP contribution in [0.2, 0.25) is 5.02 Å². The van der Waals surface area contributed by atoms with Gasteiger partial charge in [0.2, 0.25) is 5.91 Å². The Labute approximate surface area is 143 Å². The fraction of sp³-hybridized carbons (Fsp3) is 0.118. The van der Waals surface area contributed by atoms with Crippen LogP contribution in [-0.4, -0.2) is 12.5 Å². The van der Waals surface area contributed by atoms with Crippen molar-refractivity contribution < 1.29 is 9.53 Å². The van der Waals surface area contributed by atoms with Crippen LogP contribution in [0.25, 0.3) is 0 Å². The summed E-state index contributed by atoms with van der Waals surface area (Å²) in [6.07, 6.45) is 3.11. The van der Waals surface area contributed by atoms with Crippen molar-refractivity contribution in [1.29, 1.82) is 0 Å². The Hall–Kier alpha value is -1.78. The number of para-hydroxylation sites is 1. The van der Waals surface area contributed by atoms with Crippen LogP contribution in [0.5, 0.6) is 5.75 Å². The maximum absolute atomic E-state index is 11.7. The van der Waals surface area contributed by atoms with E-state index < -0.39 is 0 Å². The molecule has 2 aromatic rings. The van der Waals surface area contributed by atoms with Crippen LogP contribution in [-0.2, 0) is 4.79 Å². The molecule has 0 saturated carbocycles. The zero-order valence-electron chi connectivity index (χ0n) is 12.0. The molecule has 0 atom stereocenters. The van der Waals surface area contributed by atoms with Gasteiger partial charge in [-0.3, -0.25) is 4.79 Å². The van der Waals surface area contributed by atoms with Gasteiger partial charge >= 0.3 is 0 Å². The Bertz CT molecular complexity index is 687. The van der Waals surface area contributed by atoms with E-state index in [-0.39, 0.29) is 5.91 Å². The van der Waals surface area contributed by atoms with Gasteiger partial charge in [-0.1, -0.05) is 29.8 Å². The maximum Gasteiger partial charge on any atom is 0.248 e. The first kappa shape index (κ1) is 16.6. The molecule has 2 rings (SSSR count). The molecule has 3 nitrogen and oxygen atoms in total. The van der Waals surface area contributed by atoms with E-state index in [9.17, 15) is 4.79 Å². The molecule has 0 unspecified atom stereocenters. The van der Waals surface area contributed by atoms with Gasteiger partial charge in [-0.05, 0) is 58.8 Å². The predicted octanol–water partition coefficient (Wildman–Crippen LogP) is 4.98. The third kappa shape index (κ3) is 4.61. The first-order valence-corrected chi connectivity index (χ1v) is 7.85. The summed E-state index contributed by atoms with van der Waals surface area (Å²) in [5.74, 6) is 0.496. The van der Waals surface area contributed by atoms with Gasteiger partial charge in [-0.2, -0.15) is 0 Å². The topological polar surface area (TPSA) is 38.3 Å². The summed E-state index contributed by atoms with van der Waals surface area (Å²) in [6.45, 7) is 2.20. The molecule has 0 heterocycles. The molecular formula is C17H15BrClNO2. The zero-order chi connectivity index (χ0) is 15.9. The van der Waals surface area contributed by atoms with Crippen molar-refractivity contribution in [2.24, 2.45) is 0 Å². The Balaban J connectivity index is 1.86. The highest BCUT2D eigenvalue weighted by molar-refractivity contribution is 9.10. The summed E-state index contributed by atoms with van der Waals surface area (Å²) >= 11 is 9.46. The fourth-order valence-electron chi connectivity index (χ4n) is 1.75. The van der Waals surface area contributed by atoms with E-state index in [0.717, 1.165) is 15.7 Å². The highest BCUT2D eigenvalue weighted by atomic mass is 79.9. The molecule has 0 radical (unpaired) electrons. The van der Waals surface area contributed by atoms with E-state index in [2.05, 4.69) is 21.2 Å². The van der Waals surface area contributed by atoms with E-state index >= 15 is 0 Å². The molecule has 1 N–H and O–H groups in total. The number of benzene rings is 2. The van der Waals surface area contributed by atoms with Gasteiger partial charge in [0.1, 0.15) is 12.4 Å². The lowest BCUT2D eigenvalue weighted by atomic mass is 10.2. The number of amides is 1. The molecule has 1 amide bonds. The van der Waals surface area contributed by atoms with Crippen molar-refractivity contribution in [3.05, 3.63) is 69.7 Å². The third-order valence-electron chi connectivity index (χ3n) is 2.93. The lowest BCUT2D eigenvalue weighted by Gasteiger charge is -2.09. The van der Waals surface area contributed by atoms with Crippen molar-refractivity contribution in [2.45, 2.75) is 6.92 Å². The average molecular weight is 381 g/mol. The molecule has 0 saturated heterocycles. The van der Waals surface area contributed by atoms with Crippen LogP contribution in [0.4, 0.5) is 5.69 Å². The second-order valence-corrected chi connectivity index (χ2v) is 5.75. The number of nitrogens with one attached hydrogen (secondary N) is 1. The average Bonchev–Trinajstić information content (AvgIpc) is 2.52. The number of ether oxygens (including phenoxy) is 1. The maximum atomic E-state index is 11.7. The van der Waals surface area contributed by atoms with Crippen LogP contribution in [0.15, 0.2) is 59.1 Å². The molecule has 2 aromatic carbocycles. The molecule has 0 aliphatic heterocycles. The number of carbonyl (C=O) groups excluding carboxylic acids is 1. The normalized spacial score (nSPS) is 10.7. The Morgan fingerprint density at radius 3 is 2.73 bits per heavy atom. The zero-order valence-corrected chi connectivity index (χ0v) is 14.3. The highest BCUT2D eigenvalue weighted by Gasteiger charge is 2.06. The quantitative estimate of drug-likeness (QED) is 0.743. The number of anilines is 1. The van der Waals surface area contributed by atoms with E-state index in [4.69, 9.17) is 16.3 Å². The SMILES string of the molecule is Cc1c(Cl)ccc(OC/C=C/C(=O)Nc2ccccc2)c1Br. The van der Waals surface area contributed by atoms with Crippen LogP contribution >= 0.6 is 27.5 Å². The minimum Gasteiger partial charge on any atom is -0.488 e. The second kappa shape index (κ2) is 8.01. The second-order valence-electron chi connectivity index (χ2n) is 4.55. The molecule has 0 bridgehead atoms. The number of hydrogen-bond donors (Lipinski definition) is 1. The molecule has 0 spiro atoms. The van der Waals surface area contributed by atoms with Gasteiger partial charge in [-0.25, -0.2) is 0 Å². The Morgan fingerprint density at radius 1 is 1.27 bits per heavy atom. The first-order chi connectivity index (χ1) is 10.6. The Kier molecular flexibility index (Phi) is 6.04. The largest absolute Gasteiger partial charge is 0.488 e. The lowest BCUT2D eigenvalue weighted by Crippen LogP contribution is -2.08. The standard InChI is InChI=1S/C17H15BrClNO2/c1-12-14(19)9-10-15(17(12)18)22-11-5-8-16(21)20-13-6-3-2-4-7-13/h2-10H,11H2,1H3,(H,20,21)/b8-5+. The summed E-state index contributed by atoms with van der Waals surface area (Å²) in [7, 11) is 0. The summed E-state index contributed by atoms with van der Waals surface area (Å²) in [5.41, 5.74) is 1.68. The number of halogens is 2.